The van der Waals surface area contributed by atoms with Crippen molar-refractivity contribution in [2.45, 2.75) is 25.8 Å². The van der Waals surface area contributed by atoms with Gasteiger partial charge in [-0.2, -0.15) is 0 Å². The monoisotopic (exact) mass is 328 g/mol. The second kappa shape index (κ2) is 6.48. The van der Waals surface area contributed by atoms with Crippen LogP contribution in [0.3, 0.4) is 0 Å². The fourth-order valence-corrected chi connectivity index (χ4v) is 2.86. The summed E-state index contributed by atoms with van der Waals surface area (Å²) in [6.45, 7) is 4.28. The molecule has 1 saturated heterocycles. The molecule has 1 heterocycles. The predicted octanol–water partition coefficient (Wildman–Crippen LogP) is 2.80. The normalized spacial score (nSPS) is 18.6. The number of halogens is 2. The highest BCUT2D eigenvalue weighted by atomic mass is 79.9. The van der Waals surface area contributed by atoms with Gasteiger partial charge in [-0.25, -0.2) is 4.39 Å². The van der Waals surface area contributed by atoms with Gasteiger partial charge >= 0.3 is 0 Å². The molecule has 5 heteroatoms. The Labute approximate surface area is 121 Å². The van der Waals surface area contributed by atoms with Crippen molar-refractivity contribution in [2.24, 2.45) is 0 Å². The lowest BCUT2D eigenvalue weighted by atomic mass is 10.1. The van der Waals surface area contributed by atoms with Gasteiger partial charge in [0.2, 0.25) is 0 Å². The van der Waals surface area contributed by atoms with Crippen molar-refractivity contribution in [3.63, 3.8) is 0 Å². The molecule has 3 nitrogen and oxygen atoms in total. The first-order valence-corrected chi connectivity index (χ1v) is 7.38. The molecule has 1 unspecified atom stereocenters. The molecule has 0 saturated carbocycles. The van der Waals surface area contributed by atoms with Crippen LogP contribution in [0.15, 0.2) is 22.7 Å². The van der Waals surface area contributed by atoms with Crippen LogP contribution in [0.4, 0.5) is 4.39 Å². The first kappa shape index (κ1) is 14.5. The van der Waals surface area contributed by atoms with Gasteiger partial charge in [0.15, 0.2) is 0 Å². The van der Waals surface area contributed by atoms with Crippen LogP contribution in [0.25, 0.3) is 0 Å². The molecular formula is C14H18BrFN2O. The second-order valence-electron chi connectivity index (χ2n) is 4.80. The maximum Gasteiger partial charge on any atom is 0.254 e. The minimum Gasteiger partial charge on any atom is -0.337 e. The summed E-state index contributed by atoms with van der Waals surface area (Å²) in [5.41, 5.74) is 0.395. The van der Waals surface area contributed by atoms with E-state index in [0.717, 1.165) is 19.4 Å². The van der Waals surface area contributed by atoms with E-state index in [1.807, 2.05) is 6.92 Å². The Balaban J connectivity index is 2.10. The third kappa shape index (κ3) is 3.76. The number of nitrogens with zero attached hydrogens (tertiary/aromatic N) is 1. The molecule has 0 aromatic heterocycles. The van der Waals surface area contributed by atoms with E-state index in [1.165, 1.54) is 12.1 Å². The van der Waals surface area contributed by atoms with Crippen molar-refractivity contribution in [3.05, 3.63) is 34.1 Å². The van der Waals surface area contributed by atoms with Crippen molar-refractivity contribution < 1.29 is 9.18 Å². The zero-order chi connectivity index (χ0) is 13.8. The summed E-state index contributed by atoms with van der Waals surface area (Å²) in [7, 11) is 0. The van der Waals surface area contributed by atoms with Crippen LogP contribution in [0.5, 0.6) is 0 Å². The molecule has 2 rings (SSSR count). The van der Waals surface area contributed by atoms with E-state index in [-0.39, 0.29) is 5.91 Å². The van der Waals surface area contributed by atoms with Gasteiger partial charge in [-0.1, -0.05) is 15.9 Å². The van der Waals surface area contributed by atoms with Crippen molar-refractivity contribution in [1.82, 2.24) is 10.2 Å². The van der Waals surface area contributed by atoms with Gasteiger partial charge in [0, 0.05) is 29.2 Å². The highest BCUT2D eigenvalue weighted by molar-refractivity contribution is 9.10. The summed E-state index contributed by atoms with van der Waals surface area (Å²) in [5.74, 6) is -0.510. The Morgan fingerprint density at radius 2 is 2.32 bits per heavy atom. The highest BCUT2D eigenvalue weighted by Gasteiger charge is 2.21. The fraction of sp³-hybridized carbons (Fsp3) is 0.500. The molecule has 1 aliphatic rings. The van der Waals surface area contributed by atoms with E-state index in [9.17, 15) is 9.18 Å². The third-order valence-corrected chi connectivity index (χ3v) is 3.84. The van der Waals surface area contributed by atoms with Crippen LogP contribution in [-0.4, -0.2) is 36.5 Å². The maximum atomic E-state index is 13.3. The zero-order valence-electron chi connectivity index (χ0n) is 11.0. The topological polar surface area (TPSA) is 32.3 Å². The van der Waals surface area contributed by atoms with Crippen LogP contribution in [0.1, 0.15) is 30.1 Å². The van der Waals surface area contributed by atoms with Gasteiger partial charge in [0.05, 0.1) is 0 Å². The van der Waals surface area contributed by atoms with Crippen molar-refractivity contribution >= 4 is 21.8 Å². The second-order valence-corrected chi connectivity index (χ2v) is 5.71. The number of hydrogen-bond donors (Lipinski definition) is 1. The Kier molecular flexibility index (Phi) is 4.93. The minimum absolute atomic E-state index is 0.114. The molecule has 0 spiro atoms. The lowest BCUT2D eigenvalue weighted by molar-refractivity contribution is 0.0750. The third-order valence-electron chi connectivity index (χ3n) is 3.38. The van der Waals surface area contributed by atoms with Gasteiger partial charge in [0.1, 0.15) is 5.82 Å². The van der Waals surface area contributed by atoms with Crippen molar-refractivity contribution in [3.8, 4) is 0 Å². The van der Waals surface area contributed by atoms with Crippen LogP contribution >= 0.6 is 15.9 Å². The molecule has 0 bridgehead atoms. The molecular weight excluding hydrogens is 311 g/mol. The SMILES string of the molecule is CCN(CC1CCCN1)C(=O)c1cc(F)cc(Br)c1. The van der Waals surface area contributed by atoms with Crippen LogP contribution in [-0.2, 0) is 0 Å². The lowest BCUT2D eigenvalue weighted by Gasteiger charge is -2.24. The molecule has 104 valence electrons. The predicted molar refractivity (Wildman–Crippen MR) is 76.7 cm³/mol. The first-order valence-electron chi connectivity index (χ1n) is 6.59. The van der Waals surface area contributed by atoms with Crippen molar-refractivity contribution in [1.29, 1.82) is 0 Å². The summed E-state index contributed by atoms with van der Waals surface area (Å²) >= 11 is 3.22. The minimum atomic E-state index is -0.396. The van der Waals surface area contributed by atoms with Crippen molar-refractivity contribution in [2.75, 3.05) is 19.6 Å². The van der Waals surface area contributed by atoms with Gasteiger partial charge in [-0.05, 0) is 44.5 Å². The standard InChI is InChI=1S/C14H18BrFN2O/c1-2-18(9-13-4-3-5-17-13)14(19)10-6-11(15)8-12(16)7-10/h6-8,13,17H,2-5,9H2,1H3. The molecule has 0 radical (unpaired) electrons. The lowest BCUT2D eigenvalue weighted by Crippen LogP contribution is -2.41. The molecule has 1 fully saturated rings. The molecule has 1 atom stereocenters. The van der Waals surface area contributed by atoms with Crippen LogP contribution in [0, 0.1) is 5.82 Å². The number of nitrogens with one attached hydrogen (secondary N) is 1. The first-order chi connectivity index (χ1) is 9.10. The van der Waals surface area contributed by atoms with E-state index in [0.29, 0.717) is 29.2 Å². The Bertz CT molecular complexity index is 441. The van der Waals surface area contributed by atoms with E-state index < -0.39 is 5.82 Å². The molecule has 1 aromatic carbocycles. The summed E-state index contributed by atoms with van der Waals surface area (Å²) in [6.07, 6.45) is 2.25. The zero-order valence-corrected chi connectivity index (χ0v) is 12.5. The van der Waals surface area contributed by atoms with Gasteiger partial charge in [0.25, 0.3) is 5.91 Å². The van der Waals surface area contributed by atoms with E-state index in [1.54, 1.807) is 11.0 Å². The van der Waals surface area contributed by atoms with Crippen LogP contribution < -0.4 is 5.32 Å². The Hall–Kier alpha value is -0.940. The summed E-state index contributed by atoms with van der Waals surface area (Å²) < 4.78 is 13.9. The van der Waals surface area contributed by atoms with Gasteiger partial charge in [-0.3, -0.25) is 4.79 Å². The molecule has 1 amide bonds. The molecule has 1 aromatic rings. The summed E-state index contributed by atoms with van der Waals surface area (Å²) in [5, 5.41) is 3.37. The average Bonchev–Trinajstić information content (AvgIpc) is 2.86. The number of carbonyl (C=O) groups excluding carboxylic acids is 1. The number of likely N-dealkylation sites (N-methyl/N-ethyl adjacent to an activating group) is 1. The summed E-state index contributed by atoms with van der Waals surface area (Å²) in [6, 6.07) is 4.67. The largest absolute Gasteiger partial charge is 0.337 e. The molecule has 1 N–H and O–H groups in total. The fourth-order valence-electron chi connectivity index (χ4n) is 2.39. The number of rotatable bonds is 4. The molecule has 1 aliphatic heterocycles. The van der Waals surface area contributed by atoms with E-state index in [2.05, 4.69) is 21.2 Å². The quantitative estimate of drug-likeness (QED) is 0.921. The van der Waals surface area contributed by atoms with E-state index >= 15 is 0 Å². The molecule has 19 heavy (non-hydrogen) atoms. The summed E-state index contributed by atoms with van der Waals surface area (Å²) in [4.78, 5) is 14.1. The van der Waals surface area contributed by atoms with Gasteiger partial charge < -0.3 is 10.2 Å². The molecule has 0 aliphatic carbocycles. The Morgan fingerprint density at radius 3 is 2.89 bits per heavy atom. The average molecular weight is 329 g/mol. The number of amides is 1. The van der Waals surface area contributed by atoms with Gasteiger partial charge in [-0.15, -0.1) is 0 Å². The number of benzene rings is 1. The van der Waals surface area contributed by atoms with E-state index in [4.69, 9.17) is 0 Å². The highest BCUT2D eigenvalue weighted by Crippen LogP contribution is 2.17. The maximum absolute atomic E-state index is 13.3. The van der Waals surface area contributed by atoms with Crippen LogP contribution in [0.2, 0.25) is 0 Å². The number of hydrogen-bond acceptors (Lipinski definition) is 2. The Morgan fingerprint density at radius 1 is 1.53 bits per heavy atom. The number of carbonyl (C=O) groups is 1. The smallest absolute Gasteiger partial charge is 0.254 e.